The highest BCUT2D eigenvalue weighted by Gasteiger charge is 2.02. The lowest BCUT2D eigenvalue weighted by molar-refractivity contribution is -0.119. The molecule has 0 bridgehead atoms. The Balaban J connectivity index is 2.25. The Hall–Kier alpha value is -1.84. The molecule has 4 heteroatoms. The fourth-order valence-electron chi connectivity index (χ4n) is 1.45. The molecule has 17 heavy (non-hydrogen) atoms. The molecule has 0 aliphatic rings. The van der Waals surface area contributed by atoms with E-state index in [0.29, 0.717) is 25.7 Å². The van der Waals surface area contributed by atoms with Crippen LogP contribution < -0.4 is 11.1 Å². The Morgan fingerprint density at radius 2 is 1.71 bits per heavy atom. The van der Waals surface area contributed by atoms with Gasteiger partial charge in [-0.3, -0.25) is 9.59 Å². The molecular formula is C13H18N2O2. The number of amides is 2. The van der Waals surface area contributed by atoms with Crippen LogP contribution >= 0.6 is 0 Å². The molecule has 92 valence electrons. The number of hydrogen-bond donors (Lipinski definition) is 2. The van der Waals surface area contributed by atoms with Crippen molar-refractivity contribution in [3.63, 3.8) is 0 Å². The van der Waals surface area contributed by atoms with Crippen molar-refractivity contribution in [3.05, 3.63) is 29.8 Å². The SMILES string of the molecule is Cc1ccc(NC(=O)CCCCC(N)=O)cc1. The van der Waals surface area contributed by atoms with Crippen molar-refractivity contribution < 1.29 is 9.59 Å². The van der Waals surface area contributed by atoms with Crippen molar-refractivity contribution in [2.24, 2.45) is 5.73 Å². The maximum Gasteiger partial charge on any atom is 0.224 e. The molecule has 0 saturated heterocycles. The zero-order chi connectivity index (χ0) is 12.7. The van der Waals surface area contributed by atoms with Gasteiger partial charge in [0.15, 0.2) is 0 Å². The van der Waals surface area contributed by atoms with Gasteiger partial charge in [0.1, 0.15) is 0 Å². The summed E-state index contributed by atoms with van der Waals surface area (Å²) in [6.45, 7) is 2.00. The average Bonchev–Trinajstić information content (AvgIpc) is 2.27. The number of anilines is 1. The van der Waals surface area contributed by atoms with Crippen molar-refractivity contribution >= 4 is 17.5 Å². The second-order valence-electron chi connectivity index (χ2n) is 4.09. The van der Waals surface area contributed by atoms with E-state index in [-0.39, 0.29) is 11.8 Å². The molecule has 1 aromatic rings. The monoisotopic (exact) mass is 234 g/mol. The summed E-state index contributed by atoms with van der Waals surface area (Å²) in [5, 5.41) is 2.80. The third-order valence-electron chi connectivity index (χ3n) is 2.41. The van der Waals surface area contributed by atoms with Gasteiger partial charge >= 0.3 is 0 Å². The lowest BCUT2D eigenvalue weighted by Gasteiger charge is -2.05. The molecule has 0 aliphatic heterocycles. The van der Waals surface area contributed by atoms with Crippen molar-refractivity contribution in [3.8, 4) is 0 Å². The van der Waals surface area contributed by atoms with Crippen LogP contribution in [0.15, 0.2) is 24.3 Å². The molecule has 0 radical (unpaired) electrons. The molecule has 0 aliphatic carbocycles. The molecule has 0 saturated carbocycles. The number of benzene rings is 1. The zero-order valence-electron chi connectivity index (χ0n) is 10.0. The smallest absolute Gasteiger partial charge is 0.224 e. The van der Waals surface area contributed by atoms with E-state index >= 15 is 0 Å². The molecule has 0 atom stereocenters. The second-order valence-corrected chi connectivity index (χ2v) is 4.09. The van der Waals surface area contributed by atoms with Crippen molar-refractivity contribution in [2.45, 2.75) is 32.6 Å². The average molecular weight is 234 g/mol. The summed E-state index contributed by atoms with van der Waals surface area (Å²) in [5.41, 5.74) is 6.97. The molecule has 0 fully saturated rings. The molecule has 0 unspecified atom stereocenters. The first-order valence-electron chi connectivity index (χ1n) is 5.73. The maximum atomic E-state index is 11.5. The molecule has 1 aromatic carbocycles. The summed E-state index contributed by atoms with van der Waals surface area (Å²) in [5.74, 6) is -0.345. The number of rotatable bonds is 6. The summed E-state index contributed by atoms with van der Waals surface area (Å²) in [7, 11) is 0. The van der Waals surface area contributed by atoms with Crippen LogP contribution in [0.1, 0.15) is 31.2 Å². The van der Waals surface area contributed by atoms with E-state index in [4.69, 9.17) is 5.73 Å². The number of primary amides is 1. The van der Waals surface area contributed by atoms with E-state index in [9.17, 15) is 9.59 Å². The lowest BCUT2D eigenvalue weighted by atomic mass is 10.1. The van der Waals surface area contributed by atoms with Gasteiger partial charge in [0.05, 0.1) is 0 Å². The topological polar surface area (TPSA) is 72.2 Å². The van der Waals surface area contributed by atoms with E-state index < -0.39 is 0 Å². The van der Waals surface area contributed by atoms with Gasteiger partial charge in [-0.05, 0) is 31.9 Å². The van der Waals surface area contributed by atoms with Crippen LogP contribution in [0.3, 0.4) is 0 Å². The fourth-order valence-corrected chi connectivity index (χ4v) is 1.45. The van der Waals surface area contributed by atoms with Crippen molar-refractivity contribution in [1.82, 2.24) is 0 Å². The highest BCUT2D eigenvalue weighted by Crippen LogP contribution is 2.09. The van der Waals surface area contributed by atoms with E-state index in [1.165, 1.54) is 0 Å². The van der Waals surface area contributed by atoms with Crippen LogP contribution in [0, 0.1) is 6.92 Å². The largest absolute Gasteiger partial charge is 0.370 e. The molecule has 0 aromatic heterocycles. The first-order chi connectivity index (χ1) is 8.08. The van der Waals surface area contributed by atoms with Gasteiger partial charge in [-0.15, -0.1) is 0 Å². The minimum absolute atomic E-state index is 0.0293. The summed E-state index contributed by atoms with van der Waals surface area (Å²) >= 11 is 0. The van der Waals surface area contributed by atoms with Crippen LogP contribution in [-0.4, -0.2) is 11.8 Å². The third kappa shape index (κ3) is 5.70. The molecule has 0 spiro atoms. The lowest BCUT2D eigenvalue weighted by Crippen LogP contribution is -2.12. The standard InChI is InChI=1S/C13H18N2O2/c1-10-6-8-11(9-7-10)15-13(17)5-3-2-4-12(14)16/h6-9H,2-5H2,1H3,(H2,14,16)(H,15,17). The molecular weight excluding hydrogens is 216 g/mol. The van der Waals surface area contributed by atoms with Gasteiger partial charge in [0, 0.05) is 18.5 Å². The van der Waals surface area contributed by atoms with E-state index in [1.54, 1.807) is 0 Å². The van der Waals surface area contributed by atoms with Crippen LogP contribution in [-0.2, 0) is 9.59 Å². The number of nitrogens with one attached hydrogen (secondary N) is 1. The fraction of sp³-hybridized carbons (Fsp3) is 0.385. The highest BCUT2D eigenvalue weighted by molar-refractivity contribution is 5.90. The van der Waals surface area contributed by atoms with Crippen molar-refractivity contribution in [1.29, 1.82) is 0 Å². The van der Waals surface area contributed by atoms with Crippen LogP contribution in [0.5, 0.6) is 0 Å². The van der Waals surface area contributed by atoms with Gasteiger partial charge in [-0.2, -0.15) is 0 Å². The highest BCUT2D eigenvalue weighted by atomic mass is 16.1. The minimum atomic E-state index is -0.316. The van der Waals surface area contributed by atoms with Crippen molar-refractivity contribution in [2.75, 3.05) is 5.32 Å². The van der Waals surface area contributed by atoms with Gasteiger partial charge in [0.2, 0.25) is 11.8 Å². The Morgan fingerprint density at radius 3 is 2.29 bits per heavy atom. The predicted molar refractivity (Wildman–Crippen MR) is 67.5 cm³/mol. The predicted octanol–water partition coefficient (Wildman–Crippen LogP) is 1.98. The Bertz CT molecular complexity index is 385. The summed E-state index contributed by atoms with van der Waals surface area (Å²) in [4.78, 5) is 22.0. The maximum absolute atomic E-state index is 11.5. The molecule has 0 heterocycles. The number of carbonyl (C=O) groups is 2. The van der Waals surface area contributed by atoms with E-state index in [2.05, 4.69) is 5.32 Å². The third-order valence-corrected chi connectivity index (χ3v) is 2.41. The molecule has 3 N–H and O–H groups in total. The summed E-state index contributed by atoms with van der Waals surface area (Å²) < 4.78 is 0. The van der Waals surface area contributed by atoms with E-state index in [0.717, 1.165) is 11.3 Å². The Labute approximate surface area is 101 Å². The molecule has 1 rings (SSSR count). The van der Waals surface area contributed by atoms with Crippen LogP contribution in [0.25, 0.3) is 0 Å². The Kier molecular flexibility index (Phi) is 5.20. The first-order valence-corrected chi connectivity index (χ1v) is 5.73. The second kappa shape index (κ2) is 6.68. The first kappa shape index (κ1) is 13.2. The molecule has 2 amide bonds. The zero-order valence-corrected chi connectivity index (χ0v) is 10.0. The van der Waals surface area contributed by atoms with Gasteiger partial charge in [-0.25, -0.2) is 0 Å². The molecule has 4 nitrogen and oxygen atoms in total. The number of carbonyl (C=O) groups excluding carboxylic acids is 2. The minimum Gasteiger partial charge on any atom is -0.370 e. The van der Waals surface area contributed by atoms with Crippen LogP contribution in [0.2, 0.25) is 0 Å². The summed E-state index contributed by atoms with van der Waals surface area (Å²) in [6.07, 6.45) is 2.11. The number of hydrogen-bond acceptors (Lipinski definition) is 2. The number of nitrogens with two attached hydrogens (primary N) is 1. The normalized spacial score (nSPS) is 9.94. The van der Waals surface area contributed by atoms with Gasteiger partial charge in [-0.1, -0.05) is 17.7 Å². The number of unbranched alkanes of at least 4 members (excludes halogenated alkanes) is 1. The summed E-state index contributed by atoms with van der Waals surface area (Å²) in [6, 6.07) is 7.64. The Morgan fingerprint density at radius 1 is 1.12 bits per heavy atom. The van der Waals surface area contributed by atoms with Crippen LogP contribution in [0.4, 0.5) is 5.69 Å². The van der Waals surface area contributed by atoms with Gasteiger partial charge in [0.25, 0.3) is 0 Å². The quantitative estimate of drug-likeness (QED) is 0.739. The number of aryl methyl sites for hydroxylation is 1. The van der Waals surface area contributed by atoms with E-state index in [1.807, 2.05) is 31.2 Å². The van der Waals surface area contributed by atoms with Gasteiger partial charge < -0.3 is 11.1 Å².